The Hall–Kier alpha value is -3.02. The summed E-state index contributed by atoms with van der Waals surface area (Å²) in [5.41, 5.74) is 3.10. The average Bonchev–Trinajstić information content (AvgIpc) is 3.47. The highest BCUT2D eigenvalue weighted by Crippen LogP contribution is 2.28. The lowest BCUT2D eigenvalue weighted by Gasteiger charge is -2.29. The SMILES string of the molecule is CS(=O)(=O)N1CCC(COc2coc(CN3Cc4ccc(-c5ncon5)cc4C3)cc2=O)CC1. The van der Waals surface area contributed by atoms with Gasteiger partial charge in [0, 0.05) is 37.8 Å². The van der Waals surface area contributed by atoms with Crippen molar-refractivity contribution in [1.29, 1.82) is 0 Å². The lowest BCUT2D eigenvalue weighted by molar-refractivity contribution is 0.180. The number of sulfonamides is 1. The van der Waals surface area contributed by atoms with E-state index in [1.807, 2.05) is 6.07 Å². The predicted molar refractivity (Wildman–Crippen MR) is 122 cm³/mol. The van der Waals surface area contributed by atoms with Crippen LogP contribution in [0.1, 0.15) is 29.7 Å². The van der Waals surface area contributed by atoms with Gasteiger partial charge in [0.2, 0.25) is 33.4 Å². The molecule has 10 nitrogen and oxygen atoms in total. The molecule has 0 bridgehead atoms. The summed E-state index contributed by atoms with van der Waals surface area (Å²) >= 11 is 0. The highest BCUT2D eigenvalue weighted by atomic mass is 32.2. The van der Waals surface area contributed by atoms with Crippen molar-refractivity contribution in [2.24, 2.45) is 5.92 Å². The number of rotatable bonds is 7. The monoisotopic (exact) mass is 486 g/mol. The first-order chi connectivity index (χ1) is 16.3. The van der Waals surface area contributed by atoms with Crippen LogP contribution < -0.4 is 10.2 Å². The van der Waals surface area contributed by atoms with Crippen molar-refractivity contribution < 1.29 is 22.1 Å². The average molecular weight is 487 g/mol. The highest BCUT2D eigenvalue weighted by molar-refractivity contribution is 7.88. The lowest BCUT2D eigenvalue weighted by atomic mass is 9.99. The Kier molecular flexibility index (Phi) is 6.24. The molecule has 4 heterocycles. The molecule has 0 atom stereocenters. The van der Waals surface area contributed by atoms with E-state index in [0.717, 1.165) is 18.7 Å². The summed E-state index contributed by atoms with van der Waals surface area (Å²) in [6.07, 6.45) is 5.33. The lowest BCUT2D eigenvalue weighted by Crippen LogP contribution is -2.39. The molecule has 1 aromatic carbocycles. The molecular weight excluding hydrogens is 460 g/mol. The van der Waals surface area contributed by atoms with Crippen molar-refractivity contribution in [2.45, 2.75) is 32.5 Å². The van der Waals surface area contributed by atoms with E-state index < -0.39 is 10.0 Å². The fourth-order valence-electron chi connectivity index (χ4n) is 4.48. The molecule has 0 amide bonds. The normalized spacial score (nSPS) is 17.7. The summed E-state index contributed by atoms with van der Waals surface area (Å²) in [5, 5.41) is 3.89. The third-order valence-corrected chi connectivity index (χ3v) is 7.67. The Labute approximate surface area is 197 Å². The summed E-state index contributed by atoms with van der Waals surface area (Å²) < 4.78 is 41.0. The Balaban J connectivity index is 1.15. The molecule has 1 saturated heterocycles. The number of nitrogens with zero attached hydrogens (tertiary/aromatic N) is 4. The van der Waals surface area contributed by atoms with Crippen molar-refractivity contribution in [3.05, 3.63) is 64.0 Å². The van der Waals surface area contributed by atoms with E-state index in [2.05, 4.69) is 27.2 Å². The van der Waals surface area contributed by atoms with Crippen LogP contribution in [-0.4, -0.2) is 53.7 Å². The van der Waals surface area contributed by atoms with Gasteiger partial charge in [-0.1, -0.05) is 17.3 Å². The van der Waals surface area contributed by atoms with Gasteiger partial charge in [-0.2, -0.15) is 4.98 Å². The summed E-state index contributed by atoms with van der Waals surface area (Å²) in [7, 11) is -3.15. The van der Waals surface area contributed by atoms with Crippen LogP contribution in [0.2, 0.25) is 0 Å². The molecule has 5 rings (SSSR count). The maximum absolute atomic E-state index is 12.6. The molecule has 11 heteroatoms. The van der Waals surface area contributed by atoms with E-state index in [0.29, 0.717) is 50.7 Å². The van der Waals surface area contributed by atoms with Crippen molar-refractivity contribution >= 4 is 10.0 Å². The van der Waals surface area contributed by atoms with Gasteiger partial charge < -0.3 is 13.7 Å². The molecule has 0 unspecified atom stereocenters. The fourth-order valence-corrected chi connectivity index (χ4v) is 5.35. The first-order valence-electron chi connectivity index (χ1n) is 11.2. The second-order valence-corrected chi connectivity index (χ2v) is 10.9. The first kappa shape index (κ1) is 22.8. The second kappa shape index (κ2) is 9.32. The molecule has 0 spiro atoms. The van der Waals surface area contributed by atoms with Crippen molar-refractivity contribution in [3.8, 4) is 17.1 Å². The smallest absolute Gasteiger partial charge is 0.227 e. The number of aromatic nitrogens is 2. The highest BCUT2D eigenvalue weighted by Gasteiger charge is 2.26. The van der Waals surface area contributed by atoms with Crippen LogP contribution in [0, 0.1) is 5.92 Å². The number of hydrogen-bond acceptors (Lipinski definition) is 9. The van der Waals surface area contributed by atoms with Crippen LogP contribution in [0.25, 0.3) is 11.4 Å². The Morgan fingerprint density at radius 2 is 1.94 bits per heavy atom. The molecule has 0 radical (unpaired) electrons. The number of fused-ring (bicyclic) bond motifs is 1. The third kappa shape index (κ3) is 5.06. The molecule has 34 heavy (non-hydrogen) atoms. The maximum Gasteiger partial charge on any atom is 0.227 e. The Morgan fingerprint density at radius 1 is 1.15 bits per heavy atom. The van der Waals surface area contributed by atoms with E-state index in [-0.39, 0.29) is 17.1 Å². The molecular formula is C23H26N4O6S. The standard InChI is InChI=1S/C23H26N4O6S/c1-34(29,30)27-6-4-16(5-7-27)13-32-22-14-31-20(9-21(22)28)12-26-10-18-3-2-17(8-19(18)11-26)23-24-15-33-25-23/h2-3,8-9,14-16H,4-7,10-13H2,1H3. The molecule has 0 saturated carbocycles. The Bertz CT molecular complexity index is 1310. The summed E-state index contributed by atoms with van der Waals surface area (Å²) in [5.74, 6) is 1.52. The van der Waals surface area contributed by atoms with Gasteiger partial charge in [-0.3, -0.25) is 9.69 Å². The maximum atomic E-state index is 12.6. The summed E-state index contributed by atoms with van der Waals surface area (Å²) in [6.45, 7) is 3.33. The van der Waals surface area contributed by atoms with E-state index >= 15 is 0 Å². The molecule has 1 fully saturated rings. The van der Waals surface area contributed by atoms with Crippen LogP contribution in [0.15, 0.2) is 50.7 Å². The van der Waals surface area contributed by atoms with Crippen LogP contribution in [0.5, 0.6) is 5.75 Å². The van der Waals surface area contributed by atoms with Crippen molar-refractivity contribution in [1.82, 2.24) is 19.3 Å². The third-order valence-electron chi connectivity index (χ3n) is 6.36. The van der Waals surface area contributed by atoms with Crippen LogP contribution in [0.3, 0.4) is 0 Å². The summed E-state index contributed by atoms with van der Waals surface area (Å²) in [4.78, 5) is 18.8. The van der Waals surface area contributed by atoms with Crippen molar-refractivity contribution in [3.63, 3.8) is 0 Å². The number of ether oxygens (including phenoxy) is 1. The van der Waals surface area contributed by atoms with Gasteiger partial charge in [-0.15, -0.1) is 0 Å². The van der Waals surface area contributed by atoms with E-state index in [1.54, 1.807) is 0 Å². The first-order valence-corrected chi connectivity index (χ1v) is 13.0. The van der Waals surface area contributed by atoms with Crippen molar-refractivity contribution in [2.75, 3.05) is 26.0 Å². The van der Waals surface area contributed by atoms with Crippen LogP contribution in [-0.2, 0) is 29.7 Å². The minimum Gasteiger partial charge on any atom is -0.486 e. The van der Waals surface area contributed by atoms with Gasteiger partial charge in [0.25, 0.3) is 0 Å². The summed E-state index contributed by atoms with van der Waals surface area (Å²) in [6, 6.07) is 7.59. The van der Waals surface area contributed by atoms with Gasteiger partial charge in [-0.25, -0.2) is 12.7 Å². The Morgan fingerprint density at radius 3 is 2.65 bits per heavy atom. The number of benzene rings is 1. The molecule has 2 aliphatic heterocycles. The van der Waals surface area contributed by atoms with E-state index in [9.17, 15) is 13.2 Å². The zero-order chi connectivity index (χ0) is 23.7. The van der Waals surface area contributed by atoms with Gasteiger partial charge in [0.05, 0.1) is 19.4 Å². The number of hydrogen-bond donors (Lipinski definition) is 0. The van der Waals surface area contributed by atoms with Crippen LogP contribution >= 0.6 is 0 Å². The molecule has 2 aromatic heterocycles. The van der Waals surface area contributed by atoms with E-state index in [1.165, 1.54) is 40.4 Å². The van der Waals surface area contributed by atoms with Crippen LogP contribution in [0.4, 0.5) is 0 Å². The zero-order valence-electron chi connectivity index (χ0n) is 18.8. The molecule has 0 aliphatic carbocycles. The van der Waals surface area contributed by atoms with Gasteiger partial charge in [0.1, 0.15) is 12.0 Å². The molecule has 180 valence electrons. The van der Waals surface area contributed by atoms with E-state index in [4.69, 9.17) is 13.7 Å². The second-order valence-electron chi connectivity index (χ2n) is 8.87. The largest absolute Gasteiger partial charge is 0.486 e. The van der Waals surface area contributed by atoms with Gasteiger partial charge >= 0.3 is 0 Å². The van der Waals surface area contributed by atoms with Gasteiger partial charge in [-0.05, 0) is 36.0 Å². The minimum absolute atomic E-state index is 0.184. The zero-order valence-corrected chi connectivity index (χ0v) is 19.7. The quantitative estimate of drug-likeness (QED) is 0.495. The topological polar surface area (TPSA) is 119 Å². The number of piperidine rings is 1. The molecule has 2 aliphatic rings. The molecule has 3 aromatic rings. The van der Waals surface area contributed by atoms with Gasteiger partial charge in [0.15, 0.2) is 0 Å². The minimum atomic E-state index is -3.15. The molecule has 0 N–H and O–H groups in total. The predicted octanol–water partition coefficient (Wildman–Crippen LogP) is 2.26. The fraction of sp³-hybridized carbons (Fsp3) is 0.435.